The SMILES string of the molecule is NC(=NC(=O)c1ccc(F)cc1)[C@@H]1CC[C@@H]2CN1C(=O)N2OS(=O)(=O)O. The minimum atomic E-state index is -4.84. The molecule has 3 N–H and O–H groups in total. The van der Waals surface area contributed by atoms with Gasteiger partial charge in [0.15, 0.2) is 0 Å². The lowest BCUT2D eigenvalue weighted by Gasteiger charge is -2.29. The molecule has 2 fully saturated rings. The van der Waals surface area contributed by atoms with Crippen molar-refractivity contribution in [1.82, 2.24) is 9.96 Å². The van der Waals surface area contributed by atoms with Gasteiger partial charge in [-0.05, 0) is 37.1 Å². The van der Waals surface area contributed by atoms with Crippen LogP contribution < -0.4 is 5.73 Å². The van der Waals surface area contributed by atoms with Crippen LogP contribution >= 0.6 is 0 Å². The maximum atomic E-state index is 12.9. The third kappa shape index (κ3) is 3.66. The van der Waals surface area contributed by atoms with Crippen molar-refractivity contribution in [3.63, 3.8) is 0 Å². The van der Waals surface area contributed by atoms with Crippen LogP contribution in [0.4, 0.5) is 9.18 Å². The van der Waals surface area contributed by atoms with Crippen LogP contribution in [0.1, 0.15) is 23.2 Å². The highest BCUT2D eigenvalue weighted by Gasteiger charge is 2.48. The molecule has 3 amide bonds. The van der Waals surface area contributed by atoms with E-state index < -0.39 is 40.2 Å². The van der Waals surface area contributed by atoms with Gasteiger partial charge in [0.2, 0.25) is 0 Å². The van der Waals surface area contributed by atoms with Crippen molar-refractivity contribution in [2.45, 2.75) is 24.9 Å². The fraction of sp³-hybridized carbons (Fsp3) is 0.357. The lowest BCUT2D eigenvalue weighted by atomic mass is 10.00. The first-order valence-electron chi connectivity index (χ1n) is 7.56. The Hall–Kier alpha value is -2.57. The highest BCUT2D eigenvalue weighted by molar-refractivity contribution is 7.80. The van der Waals surface area contributed by atoms with E-state index in [1.165, 1.54) is 17.0 Å². The maximum absolute atomic E-state index is 12.9. The Morgan fingerprint density at radius 2 is 1.96 bits per heavy atom. The highest BCUT2D eigenvalue weighted by atomic mass is 32.3. The van der Waals surface area contributed by atoms with Crippen LogP contribution in [0.5, 0.6) is 0 Å². The highest BCUT2D eigenvalue weighted by Crippen LogP contribution is 2.30. The first kappa shape index (κ1) is 18.2. The number of carbonyl (C=O) groups excluding carboxylic acids is 2. The molecule has 12 heteroatoms. The predicted molar refractivity (Wildman–Crippen MR) is 85.7 cm³/mol. The van der Waals surface area contributed by atoms with Crippen molar-refractivity contribution in [2.24, 2.45) is 10.7 Å². The molecule has 1 aromatic carbocycles. The lowest BCUT2D eigenvalue weighted by molar-refractivity contribution is -0.0316. The third-order valence-corrected chi connectivity index (χ3v) is 4.51. The van der Waals surface area contributed by atoms with Gasteiger partial charge in [-0.2, -0.15) is 18.5 Å². The monoisotopic (exact) mass is 386 g/mol. The van der Waals surface area contributed by atoms with E-state index >= 15 is 0 Å². The van der Waals surface area contributed by atoms with E-state index in [0.717, 1.165) is 12.1 Å². The number of amidine groups is 1. The molecule has 0 aromatic heterocycles. The summed E-state index contributed by atoms with van der Waals surface area (Å²) in [5.41, 5.74) is 6.00. The Bertz CT molecular complexity index is 872. The molecule has 2 heterocycles. The quantitative estimate of drug-likeness (QED) is 0.431. The number of carbonyl (C=O) groups is 2. The van der Waals surface area contributed by atoms with Gasteiger partial charge in [0.25, 0.3) is 5.91 Å². The summed E-state index contributed by atoms with van der Waals surface area (Å²) < 4.78 is 47.7. The number of benzene rings is 1. The molecule has 2 bridgehead atoms. The van der Waals surface area contributed by atoms with Gasteiger partial charge in [0.05, 0.1) is 12.1 Å². The van der Waals surface area contributed by atoms with Crippen molar-refractivity contribution >= 4 is 28.2 Å². The van der Waals surface area contributed by atoms with Crippen LogP contribution in [-0.4, -0.2) is 59.3 Å². The molecule has 0 radical (unpaired) electrons. The molecule has 3 rings (SSSR count). The minimum absolute atomic E-state index is 0.111. The zero-order valence-electron chi connectivity index (χ0n) is 13.3. The molecular weight excluding hydrogens is 371 g/mol. The molecular formula is C14H15FN4O6S. The molecule has 2 atom stereocenters. The number of nitrogens with two attached hydrogens (primary N) is 1. The summed E-state index contributed by atoms with van der Waals surface area (Å²) in [5.74, 6) is -1.32. The minimum Gasteiger partial charge on any atom is -0.385 e. The number of halogens is 1. The van der Waals surface area contributed by atoms with Gasteiger partial charge in [-0.3, -0.25) is 9.35 Å². The smallest absolute Gasteiger partial charge is 0.385 e. The Morgan fingerprint density at radius 3 is 2.58 bits per heavy atom. The van der Waals surface area contributed by atoms with Crippen LogP contribution in [0.15, 0.2) is 29.3 Å². The summed E-state index contributed by atoms with van der Waals surface area (Å²) in [6.07, 6.45) is 0.664. The molecule has 0 aliphatic carbocycles. The van der Waals surface area contributed by atoms with E-state index in [1.807, 2.05) is 0 Å². The number of hydrogen-bond donors (Lipinski definition) is 2. The summed E-state index contributed by atoms with van der Waals surface area (Å²) >= 11 is 0. The van der Waals surface area contributed by atoms with Gasteiger partial charge in [0.1, 0.15) is 11.7 Å². The summed E-state index contributed by atoms with van der Waals surface area (Å²) in [6.45, 7) is 0.111. The molecule has 0 spiro atoms. The number of urea groups is 1. The second-order valence-corrected chi connectivity index (χ2v) is 6.86. The summed E-state index contributed by atoms with van der Waals surface area (Å²) in [7, 11) is -4.84. The molecule has 140 valence electrons. The van der Waals surface area contributed by atoms with Gasteiger partial charge in [-0.1, -0.05) is 0 Å². The second kappa shape index (κ2) is 6.63. The van der Waals surface area contributed by atoms with Crippen molar-refractivity contribution in [3.05, 3.63) is 35.6 Å². The number of aliphatic imine (C=N–C) groups is 1. The molecule has 0 saturated carbocycles. The van der Waals surface area contributed by atoms with Gasteiger partial charge in [-0.15, -0.1) is 4.28 Å². The predicted octanol–water partition coefficient (Wildman–Crippen LogP) is 0.326. The van der Waals surface area contributed by atoms with Gasteiger partial charge in [0, 0.05) is 12.1 Å². The van der Waals surface area contributed by atoms with Crippen molar-refractivity contribution in [1.29, 1.82) is 0 Å². The van der Waals surface area contributed by atoms with E-state index in [4.69, 9.17) is 10.3 Å². The van der Waals surface area contributed by atoms with Crippen LogP contribution in [0.25, 0.3) is 0 Å². The zero-order valence-corrected chi connectivity index (χ0v) is 14.1. The Balaban J connectivity index is 1.77. The van der Waals surface area contributed by atoms with Crippen LogP contribution in [-0.2, 0) is 14.7 Å². The number of rotatable bonds is 4. The van der Waals surface area contributed by atoms with Crippen LogP contribution in [0.2, 0.25) is 0 Å². The molecule has 26 heavy (non-hydrogen) atoms. The molecule has 0 unspecified atom stereocenters. The summed E-state index contributed by atoms with van der Waals surface area (Å²) in [5, 5.41) is 0.574. The average Bonchev–Trinajstić information content (AvgIpc) is 2.79. The standard InChI is InChI=1S/C14H15FN4O6S/c15-9-3-1-8(2-4-9)13(20)17-12(16)11-6-5-10-7-18(11)14(21)19(10)25-26(22,23)24/h1-4,10-11H,5-7H2,(H2,16,17,20)(H,22,23,24)/t10-,11+/m1/s1. The average molecular weight is 386 g/mol. The number of fused-ring (bicyclic) bond motifs is 2. The maximum Gasteiger partial charge on any atom is 0.418 e. The van der Waals surface area contributed by atoms with Gasteiger partial charge in [-0.25, -0.2) is 9.18 Å². The molecule has 2 saturated heterocycles. The third-order valence-electron chi connectivity index (χ3n) is 4.16. The second-order valence-electron chi connectivity index (χ2n) is 5.86. The Labute approximate surface area is 147 Å². The Morgan fingerprint density at radius 1 is 1.31 bits per heavy atom. The Kier molecular flexibility index (Phi) is 4.64. The fourth-order valence-corrected chi connectivity index (χ4v) is 3.38. The zero-order chi connectivity index (χ0) is 19.1. The molecule has 2 aliphatic rings. The molecule has 1 aromatic rings. The summed E-state index contributed by atoms with van der Waals surface area (Å²) in [6, 6.07) is 2.64. The van der Waals surface area contributed by atoms with Crippen LogP contribution in [0, 0.1) is 5.82 Å². The molecule has 10 nitrogen and oxygen atoms in total. The number of nitrogens with zero attached hydrogens (tertiary/aromatic N) is 3. The summed E-state index contributed by atoms with van der Waals surface area (Å²) in [4.78, 5) is 29.4. The van der Waals surface area contributed by atoms with E-state index in [1.54, 1.807) is 0 Å². The first-order chi connectivity index (χ1) is 12.2. The van der Waals surface area contributed by atoms with Crippen molar-refractivity contribution in [3.8, 4) is 0 Å². The molecule has 2 aliphatic heterocycles. The van der Waals surface area contributed by atoms with Gasteiger partial charge < -0.3 is 10.6 Å². The number of hydroxylamine groups is 2. The number of piperidine rings is 1. The van der Waals surface area contributed by atoms with E-state index in [-0.39, 0.29) is 17.9 Å². The number of amides is 3. The normalized spacial score (nSPS) is 23.5. The van der Waals surface area contributed by atoms with Crippen molar-refractivity contribution in [2.75, 3.05) is 6.54 Å². The topological polar surface area (TPSA) is 143 Å². The number of hydrogen-bond acceptors (Lipinski definition) is 5. The van der Waals surface area contributed by atoms with E-state index in [0.29, 0.717) is 17.9 Å². The first-order valence-corrected chi connectivity index (χ1v) is 8.93. The largest absolute Gasteiger partial charge is 0.418 e. The fourth-order valence-electron chi connectivity index (χ4n) is 2.99. The van der Waals surface area contributed by atoms with E-state index in [9.17, 15) is 22.4 Å². The van der Waals surface area contributed by atoms with E-state index in [2.05, 4.69) is 9.28 Å². The van der Waals surface area contributed by atoms with Crippen molar-refractivity contribution < 1.29 is 31.2 Å². The lowest BCUT2D eigenvalue weighted by Crippen LogP contribution is -2.48. The van der Waals surface area contributed by atoms with Crippen LogP contribution in [0.3, 0.4) is 0 Å². The van der Waals surface area contributed by atoms with Gasteiger partial charge >= 0.3 is 16.4 Å².